The number of hydrogen-bond donors (Lipinski definition) is 1. The van der Waals surface area contributed by atoms with Gasteiger partial charge in [0.2, 0.25) is 5.91 Å². The van der Waals surface area contributed by atoms with E-state index in [9.17, 15) is 14.0 Å². The number of halogens is 1. The van der Waals surface area contributed by atoms with Crippen LogP contribution in [0, 0.1) is 11.7 Å². The molecule has 0 bridgehead atoms. The summed E-state index contributed by atoms with van der Waals surface area (Å²) < 4.78 is 12.8. The van der Waals surface area contributed by atoms with Gasteiger partial charge in [-0.05, 0) is 31.5 Å². The van der Waals surface area contributed by atoms with Crippen LogP contribution in [0.2, 0.25) is 0 Å². The van der Waals surface area contributed by atoms with Gasteiger partial charge in [0, 0.05) is 12.6 Å². The fourth-order valence-electron chi connectivity index (χ4n) is 1.85. The Labute approximate surface area is 118 Å². The maximum absolute atomic E-state index is 12.8. The first-order valence-electron chi connectivity index (χ1n) is 6.58. The van der Waals surface area contributed by atoms with Crippen LogP contribution in [0.3, 0.4) is 0 Å². The van der Waals surface area contributed by atoms with Crippen LogP contribution in [0.25, 0.3) is 0 Å². The van der Waals surface area contributed by atoms with Crippen molar-refractivity contribution in [1.29, 1.82) is 0 Å². The van der Waals surface area contributed by atoms with Gasteiger partial charge >= 0.3 is 5.97 Å². The SMILES string of the molecule is CC(CN(C(=O)Cc1ccc(F)cc1)C(C)C)C(=O)O. The topological polar surface area (TPSA) is 57.6 Å². The second kappa shape index (κ2) is 7.03. The largest absolute Gasteiger partial charge is 0.481 e. The van der Waals surface area contributed by atoms with Crippen molar-refractivity contribution in [3.63, 3.8) is 0 Å². The number of aliphatic carboxylic acids is 1. The van der Waals surface area contributed by atoms with E-state index in [-0.39, 0.29) is 30.7 Å². The van der Waals surface area contributed by atoms with Gasteiger partial charge in [0.25, 0.3) is 0 Å². The van der Waals surface area contributed by atoms with E-state index in [0.29, 0.717) is 5.56 Å². The molecule has 0 spiro atoms. The lowest BCUT2D eigenvalue weighted by atomic mass is 10.1. The lowest BCUT2D eigenvalue weighted by molar-refractivity contribution is -0.143. The summed E-state index contributed by atoms with van der Waals surface area (Å²) >= 11 is 0. The summed E-state index contributed by atoms with van der Waals surface area (Å²) in [5.41, 5.74) is 0.713. The molecule has 1 unspecified atom stereocenters. The fourth-order valence-corrected chi connectivity index (χ4v) is 1.85. The van der Waals surface area contributed by atoms with Crippen LogP contribution < -0.4 is 0 Å². The monoisotopic (exact) mass is 281 g/mol. The lowest BCUT2D eigenvalue weighted by Gasteiger charge is -2.28. The third-order valence-electron chi connectivity index (χ3n) is 3.10. The van der Waals surface area contributed by atoms with E-state index in [2.05, 4.69) is 0 Å². The van der Waals surface area contributed by atoms with Crippen LogP contribution in [-0.2, 0) is 16.0 Å². The molecule has 1 N–H and O–H groups in total. The number of carbonyl (C=O) groups excluding carboxylic acids is 1. The number of carboxylic acid groups (broad SMARTS) is 1. The molecule has 0 saturated heterocycles. The van der Waals surface area contributed by atoms with Crippen molar-refractivity contribution < 1.29 is 19.1 Å². The quantitative estimate of drug-likeness (QED) is 0.870. The molecule has 0 aliphatic heterocycles. The summed E-state index contributed by atoms with van der Waals surface area (Å²) in [7, 11) is 0. The van der Waals surface area contributed by atoms with E-state index >= 15 is 0 Å². The van der Waals surface area contributed by atoms with Gasteiger partial charge in [-0.15, -0.1) is 0 Å². The zero-order valence-corrected chi connectivity index (χ0v) is 12.0. The molecule has 1 amide bonds. The van der Waals surface area contributed by atoms with Crippen molar-refractivity contribution in [2.45, 2.75) is 33.2 Å². The zero-order chi connectivity index (χ0) is 15.3. The second-order valence-corrected chi connectivity index (χ2v) is 5.18. The molecule has 0 aromatic heterocycles. The highest BCUT2D eigenvalue weighted by molar-refractivity contribution is 5.80. The fraction of sp³-hybridized carbons (Fsp3) is 0.467. The normalized spacial score (nSPS) is 12.2. The number of amides is 1. The first kappa shape index (κ1) is 16.1. The van der Waals surface area contributed by atoms with E-state index in [1.807, 2.05) is 13.8 Å². The molecule has 0 saturated carbocycles. The smallest absolute Gasteiger partial charge is 0.308 e. The van der Waals surface area contributed by atoms with Gasteiger partial charge in [0.15, 0.2) is 0 Å². The summed E-state index contributed by atoms with van der Waals surface area (Å²) in [6.45, 7) is 5.43. The molecule has 0 radical (unpaired) electrons. The number of nitrogens with zero attached hydrogens (tertiary/aromatic N) is 1. The maximum atomic E-state index is 12.8. The molecule has 4 nitrogen and oxygen atoms in total. The molecule has 1 aromatic carbocycles. The molecule has 1 aromatic rings. The third-order valence-corrected chi connectivity index (χ3v) is 3.10. The Kier molecular flexibility index (Phi) is 5.67. The van der Waals surface area contributed by atoms with Gasteiger partial charge in [-0.3, -0.25) is 9.59 Å². The highest BCUT2D eigenvalue weighted by Gasteiger charge is 2.22. The Balaban J connectivity index is 2.74. The van der Waals surface area contributed by atoms with E-state index in [1.54, 1.807) is 24.0 Å². The molecule has 20 heavy (non-hydrogen) atoms. The number of benzene rings is 1. The van der Waals surface area contributed by atoms with Crippen molar-refractivity contribution in [2.75, 3.05) is 6.54 Å². The first-order valence-corrected chi connectivity index (χ1v) is 6.58. The highest BCUT2D eigenvalue weighted by atomic mass is 19.1. The molecule has 5 heteroatoms. The van der Waals surface area contributed by atoms with Crippen LogP contribution in [0.15, 0.2) is 24.3 Å². The lowest BCUT2D eigenvalue weighted by Crippen LogP contribution is -2.42. The Morgan fingerprint density at radius 2 is 1.75 bits per heavy atom. The molecule has 0 fully saturated rings. The van der Waals surface area contributed by atoms with Crippen LogP contribution in [0.4, 0.5) is 4.39 Å². The molecule has 0 heterocycles. The first-order chi connectivity index (χ1) is 9.31. The minimum atomic E-state index is -0.926. The predicted molar refractivity (Wildman–Crippen MR) is 73.8 cm³/mol. The van der Waals surface area contributed by atoms with Crippen molar-refractivity contribution in [3.8, 4) is 0 Å². The minimum Gasteiger partial charge on any atom is -0.481 e. The summed E-state index contributed by atoms with van der Waals surface area (Å²) in [6, 6.07) is 5.66. The van der Waals surface area contributed by atoms with Crippen molar-refractivity contribution >= 4 is 11.9 Å². The van der Waals surface area contributed by atoms with Crippen LogP contribution in [-0.4, -0.2) is 34.5 Å². The third kappa shape index (κ3) is 4.64. The number of rotatable bonds is 6. The van der Waals surface area contributed by atoms with E-state index < -0.39 is 11.9 Å². The van der Waals surface area contributed by atoms with E-state index in [0.717, 1.165) is 0 Å². The molecular weight excluding hydrogens is 261 g/mol. The summed E-state index contributed by atoms with van der Waals surface area (Å²) in [5, 5.41) is 8.94. The van der Waals surface area contributed by atoms with Crippen LogP contribution in [0.1, 0.15) is 26.3 Å². The number of carboxylic acids is 1. The van der Waals surface area contributed by atoms with Gasteiger partial charge in [0.1, 0.15) is 5.82 Å². The Morgan fingerprint density at radius 1 is 1.20 bits per heavy atom. The van der Waals surface area contributed by atoms with Gasteiger partial charge in [-0.2, -0.15) is 0 Å². The highest BCUT2D eigenvalue weighted by Crippen LogP contribution is 2.10. The average molecular weight is 281 g/mol. The Hall–Kier alpha value is -1.91. The second-order valence-electron chi connectivity index (χ2n) is 5.18. The molecule has 1 atom stereocenters. The van der Waals surface area contributed by atoms with Gasteiger partial charge in [-0.1, -0.05) is 19.1 Å². The van der Waals surface area contributed by atoms with Gasteiger partial charge in [0.05, 0.1) is 12.3 Å². The number of carbonyl (C=O) groups is 2. The zero-order valence-electron chi connectivity index (χ0n) is 12.0. The summed E-state index contributed by atoms with van der Waals surface area (Å²) in [4.78, 5) is 24.7. The van der Waals surface area contributed by atoms with Crippen LogP contribution in [0.5, 0.6) is 0 Å². The van der Waals surface area contributed by atoms with Crippen molar-refractivity contribution in [3.05, 3.63) is 35.6 Å². The molecular formula is C15H20FNO3. The van der Waals surface area contributed by atoms with Crippen molar-refractivity contribution in [2.24, 2.45) is 5.92 Å². The van der Waals surface area contributed by atoms with Gasteiger partial charge in [-0.25, -0.2) is 4.39 Å². The van der Waals surface area contributed by atoms with E-state index in [1.165, 1.54) is 12.1 Å². The minimum absolute atomic E-state index is 0.0789. The van der Waals surface area contributed by atoms with Gasteiger partial charge < -0.3 is 10.0 Å². The summed E-state index contributed by atoms with van der Waals surface area (Å²) in [5.74, 6) is -2.04. The van der Waals surface area contributed by atoms with Crippen LogP contribution >= 0.6 is 0 Å². The summed E-state index contributed by atoms with van der Waals surface area (Å²) in [6.07, 6.45) is 0.144. The Morgan fingerprint density at radius 3 is 2.20 bits per heavy atom. The molecule has 0 aliphatic carbocycles. The standard InChI is InChI=1S/C15H20FNO3/c1-10(2)17(9-11(3)15(19)20)14(18)8-12-4-6-13(16)7-5-12/h4-7,10-11H,8-9H2,1-3H3,(H,19,20). The van der Waals surface area contributed by atoms with Crippen molar-refractivity contribution in [1.82, 2.24) is 4.90 Å². The maximum Gasteiger partial charge on any atom is 0.308 e. The Bertz CT molecular complexity index is 471. The average Bonchev–Trinajstić information content (AvgIpc) is 2.37. The number of hydrogen-bond acceptors (Lipinski definition) is 2. The van der Waals surface area contributed by atoms with E-state index in [4.69, 9.17) is 5.11 Å². The molecule has 110 valence electrons. The predicted octanol–water partition coefficient (Wildman–Crippen LogP) is 2.33. The molecule has 1 rings (SSSR count). The molecule has 0 aliphatic rings.